The van der Waals surface area contributed by atoms with Crippen LogP contribution in [0.2, 0.25) is 0 Å². The molecule has 0 radical (unpaired) electrons. The average Bonchev–Trinajstić information content (AvgIpc) is 2.42. The quantitative estimate of drug-likeness (QED) is 0.887. The van der Waals surface area contributed by atoms with Gasteiger partial charge >= 0.3 is 5.97 Å². The van der Waals surface area contributed by atoms with Crippen LogP contribution in [0.5, 0.6) is 0 Å². The van der Waals surface area contributed by atoms with Gasteiger partial charge in [-0.1, -0.05) is 30.3 Å². The van der Waals surface area contributed by atoms with Gasteiger partial charge < -0.3 is 10.4 Å². The van der Waals surface area contributed by atoms with Crippen LogP contribution in [0.1, 0.15) is 27.5 Å². The smallest absolute Gasteiger partial charge is 0.335 e. The molecule has 3 nitrogen and oxygen atoms in total. The number of carboxylic acid groups (broad SMARTS) is 1. The van der Waals surface area contributed by atoms with Gasteiger partial charge in [-0.2, -0.15) is 0 Å². The fourth-order valence-corrected chi connectivity index (χ4v) is 2.03. The molecule has 0 spiro atoms. The molecule has 0 heterocycles. The lowest BCUT2D eigenvalue weighted by atomic mass is 9.97. The predicted molar refractivity (Wildman–Crippen MR) is 70.7 cm³/mol. The largest absolute Gasteiger partial charge is 0.478 e. The Morgan fingerprint density at radius 1 is 1.16 bits per heavy atom. The number of aromatic carboxylic acids is 1. The summed E-state index contributed by atoms with van der Waals surface area (Å²) in [4.78, 5) is 10.8. The normalized spacial score (nSPS) is 12.1. The fourth-order valence-electron chi connectivity index (χ4n) is 2.03. The minimum absolute atomic E-state index is 0.215. The molecule has 0 saturated heterocycles. The van der Waals surface area contributed by atoms with Gasteiger partial charge in [0.1, 0.15) is 5.82 Å². The lowest BCUT2D eigenvalue weighted by molar-refractivity contribution is 0.0697. The summed E-state index contributed by atoms with van der Waals surface area (Å²) in [5.74, 6) is -1.26. The number of nitrogens with one attached hydrogen (secondary N) is 1. The average molecular weight is 259 g/mol. The third kappa shape index (κ3) is 2.80. The van der Waals surface area contributed by atoms with Gasteiger partial charge in [-0.3, -0.25) is 0 Å². The summed E-state index contributed by atoms with van der Waals surface area (Å²) in [5.41, 5.74) is 1.57. The Balaban J connectivity index is 2.37. The molecule has 98 valence electrons. The van der Waals surface area contributed by atoms with E-state index in [1.807, 2.05) is 0 Å². The highest BCUT2D eigenvalue weighted by Gasteiger charge is 2.15. The van der Waals surface area contributed by atoms with Crippen LogP contribution in [0.25, 0.3) is 0 Å². The zero-order valence-electron chi connectivity index (χ0n) is 10.4. The first kappa shape index (κ1) is 13.2. The molecule has 0 amide bonds. The Kier molecular flexibility index (Phi) is 3.92. The molecule has 1 unspecified atom stereocenters. The second-order valence-electron chi connectivity index (χ2n) is 4.17. The van der Waals surface area contributed by atoms with Crippen LogP contribution in [0.4, 0.5) is 4.39 Å². The molecule has 2 N–H and O–H groups in total. The summed E-state index contributed by atoms with van der Waals surface area (Å²) in [5, 5.41) is 11.9. The first-order valence-corrected chi connectivity index (χ1v) is 5.88. The summed E-state index contributed by atoms with van der Waals surface area (Å²) in [6.45, 7) is 0. The van der Waals surface area contributed by atoms with Gasteiger partial charge in [-0.25, -0.2) is 9.18 Å². The van der Waals surface area contributed by atoms with Crippen molar-refractivity contribution in [3.05, 3.63) is 71.0 Å². The first-order chi connectivity index (χ1) is 9.13. The summed E-state index contributed by atoms with van der Waals surface area (Å²) in [6.07, 6.45) is 0. The number of carbonyl (C=O) groups is 1. The molecule has 0 aliphatic heterocycles. The molecule has 0 fully saturated rings. The van der Waals surface area contributed by atoms with Gasteiger partial charge in [0, 0.05) is 5.56 Å². The summed E-state index contributed by atoms with van der Waals surface area (Å²) in [7, 11) is 1.74. The van der Waals surface area contributed by atoms with E-state index in [4.69, 9.17) is 5.11 Å². The van der Waals surface area contributed by atoms with Crippen LogP contribution >= 0.6 is 0 Å². The van der Waals surface area contributed by atoms with Crippen molar-refractivity contribution < 1.29 is 14.3 Å². The molecule has 0 aliphatic carbocycles. The summed E-state index contributed by atoms with van der Waals surface area (Å²) >= 11 is 0. The number of halogens is 1. The zero-order chi connectivity index (χ0) is 13.8. The molecule has 0 aliphatic rings. The van der Waals surface area contributed by atoms with Crippen LogP contribution < -0.4 is 5.32 Å². The van der Waals surface area contributed by atoms with Crippen molar-refractivity contribution in [2.45, 2.75) is 6.04 Å². The molecule has 2 aromatic carbocycles. The Labute approximate surface area is 110 Å². The highest BCUT2D eigenvalue weighted by atomic mass is 19.1. The molecule has 0 bridgehead atoms. The van der Waals surface area contributed by atoms with Crippen LogP contribution in [-0.2, 0) is 0 Å². The Morgan fingerprint density at radius 2 is 1.79 bits per heavy atom. The molecule has 0 aromatic heterocycles. The topological polar surface area (TPSA) is 49.3 Å². The standard InChI is InChI=1S/C15H14FNO2/c1-17-14(12-4-2-3-5-13(12)16)10-6-8-11(9-7-10)15(18)19/h2-9,14,17H,1H3,(H,18,19). The molecule has 4 heteroatoms. The molecular weight excluding hydrogens is 245 g/mol. The van der Waals surface area contributed by atoms with E-state index in [-0.39, 0.29) is 17.4 Å². The third-order valence-electron chi connectivity index (χ3n) is 3.00. The van der Waals surface area contributed by atoms with Crippen molar-refractivity contribution in [3.8, 4) is 0 Å². The predicted octanol–water partition coefficient (Wildman–Crippen LogP) is 2.83. The lowest BCUT2D eigenvalue weighted by Gasteiger charge is -2.18. The minimum atomic E-state index is -0.974. The number of rotatable bonds is 4. The minimum Gasteiger partial charge on any atom is -0.478 e. The van der Waals surface area contributed by atoms with Gasteiger partial charge in [0.2, 0.25) is 0 Å². The van der Waals surface area contributed by atoms with Gasteiger partial charge in [-0.15, -0.1) is 0 Å². The maximum absolute atomic E-state index is 13.8. The number of carboxylic acids is 1. The van der Waals surface area contributed by atoms with Crippen LogP contribution in [0, 0.1) is 5.82 Å². The second kappa shape index (κ2) is 5.63. The molecule has 1 atom stereocenters. The van der Waals surface area contributed by atoms with Crippen molar-refractivity contribution in [1.29, 1.82) is 0 Å². The van der Waals surface area contributed by atoms with E-state index in [0.717, 1.165) is 5.56 Å². The Morgan fingerprint density at radius 3 is 2.32 bits per heavy atom. The highest BCUT2D eigenvalue weighted by molar-refractivity contribution is 5.87. The highest BCUT2D eigenvalue weighted by Crippen LogP contribution is 2.24. The van der Waals surface area contributed by atoms with Gasteiger partial charge in [0.15, 0.2) is 0 Å². The van der Waals surface area contributed by atoms with Crippen LogP contribution in [-0.4, -0.2) is 18.1 Å². The van der Waals surface area contributed by atoms with Crippen molar-refractivity contribution in [1.82, 2.24) is 5.32 Å². The maximum Gasteiger partial charge on any atom is 0.335 e. The van der Waals surface area contributed by atoms with Crippen molar-refractivity contribution in [3.63, 3.8) is 0 Å². The van der Waals surface area contributed by atoms with Crippen LogP contribution in [0.15, 0.2) is 48.5 Å². The van der Waals surface area contributed by atoms with E-state index >= 15 is 0 Å². The van der Waals surface area contributed by atoms with E-state index in [9.17, 15) is 9.18 Å². The SMILES string of the molecule is CNC(c1ccc(C(=O)O)cc1)c1ccccc1F. The summed E-state index contributed by atoms with van der Waals surface area (Å²) < 4.78 is 13.8. The monoisotopic (exact) mass is 259 g/mol. The van der Waals surface area contributed by atoms with E-state index in [1.165, 1.54) is 18.2 Å². The maximum atomic E-state index is 13.8. The Hall–Kier alpha value is -2.20. The third-order valence-corrected chi connectivity index (χ3v) is 3.00. The zero-order valence-corrected chi connectivity index (χ0v) is 10.4. The molecule has 19 heavy (non-hydrogen) atoms. The van der Waals surface area contributed by atoms with Crippen molar-refractivity contribution in [2.24, 2.45) is 0 Å². The summed E-state index contributed by atoms with van der Waals surface area (Å²) in [6, 6.07) is 12.6. The number of benzene rings is 2. The lowest BCUT2D eigenvalue weighted by Crippen LogP contribution is -2.19. The molecular formula is C15H14FNO2. The van der Waals surface area contributed by atoms with Gasteiger partial charge in [-0.05, 0) is 30.8 Å². The van der Waals surface area contributed by atoms with Crippen LogP contribution in [0.3, 0.4) is 0 Å². The molecule has 2 aromatic rings. The second-order valence-corrected chi connectivity index (χ2v) is 4.17. The van der Waals surface area contributed by atoms with E-state index < -0.39 is 5.97 Å². The Bertz CT molecular complexity index is 581. The number of hydrogen-bond acceptors (Lipinski definition) is 2. The van der Waals surface area contributed by atoms with E-state index in [1.54, 1.807) is 37.4 Å². The fraction of sp³-hybridized carbons (Fsp3) is 0.133. The van der Waals surface area contributed by atoms with Crippen molar-refractivity contribution >= 4 is 5.97 Å². The van der Waals surface area contributed by atoms with E-state index in [2.05, 4.69) is 5.32 Å². The molecule has 0 saturated carbocycles. The first-order valence-electron chi connectivity index (χ1n) is 5.88. The number of hydrogen-bond donors (Lipinski definition) is 2. The molecule has 2 rings (SSSR count). The van der Waals surface area contributed by atoms with Crippen molar-refractivity contribution in [2.75, 3.05) is 7.05 Å². The van der Waals surface area contributed by atoms with E-state index in [0.29, 0.717) is 5.56 Å². The van der Waals surface area contributed by atoms with Gasteiger partial charge in [0.25, 0.3) is 0 Å². The van der Waals surface area contributed by atoms with Gasteiger partial charge in [0.05, 0.1) is 11.6 Å².